The topological polar surface area (TPSA) is 20.9 Å². The molecule has 1 aliphatic rings. The van der Waals surface area contributed by atoms with E-state index < -0.39 is 7.14 Å². The molecular formula is C15H25NOP+. The number of unbranched alkanes of at least 4 members (excludes halogenated alkanes) is 1. The summed E-state index contributed by atoms with van der Waals surface area (Å²) in [6.45, 7) is 4.32. The lowest BCUT2D eigenvalue weighted by molar-refractivity contribution is -0.724. The van der Waals surface area contributed by atoms with Crippen LogP contribution < -0.4 is 4.57 Å². The third-order valence-electron chi connectivity index (χ3n) is 4.18. The zero-order valence-electron chi connectivity index (χ0n) is 11.6. The number of rotatable bonds is 7. The van der Waals surface area contributed by atoms with E-state index >= 15 is 0 Å². The van der Waals surface area contributed by atoms with Gasteiger partial charge in [-0.15, -0.1) is 0 Å². The third kappa shape index (κ3) is 3.23. The molecule has 0 aromatic carbocycles. The Balaban J connectivity index is 2.00. The van der Waals surface area contributed by atoms with Gasteiger partial charge in [0.05, 0.1) is 7.14 Å². The van der Waals surface area contributed by atoms with Gasteiger partial charge >= 0.3 is 0 Å². The molecule has 2 rings (SSSR count). The Hall–Kier alpha value is -0.620. The third-order valence-corrected chi connectivity index (χ3v) is 7.57. The fourth-order valence-corrected chi connectivity index (χ4v) is 5.48. The second-order valence-corrected chi connectivity index (χ2v) is 9.09. The Morgan fingerprint density at radius 1 is 1.28 bits per heavy atom. The molecular weight excluding hydrogens is 241 g/mol. The molecule has 100 valence electrons. The Labute approximate surface area is 111 Å². The van der Waals surface area contributed by atoms with E-state index in [0.29, 0.717) is 11.7 Å². The Bertz CT molecular complexity index is 418. The monoisotopic (exact) mass is 266 g/mol. The number of nitrogens with zero attached hydrogens (tertiary/aromatic N) is 1. The van der Waals surface area contributed by atoms with Crippen LogP contribution in [0.15, 0.2) is 30.6 Å². The first-order chi connectivity index (χ1) is 8.69. The molecule has 0 radical (unpaired) electrons. The Morgan fingerprint density at radius 3 is 2.56 bits per heavy atom. The summed E-state index contributed by atoms with van der Waals surface area (Å²) in [4.78, 5) is 0. The first-order valence-corrected chi connectivity index (χ1v) is 9.37. The van der Waals surface area contributed by atoms with Crippen molar-refractivity contribution in [2.75, 3.05) is 12.3 Å². The number of pyridine rings is 1. The molecule has 0 spiro atoms. The molecule has 2 heterocycles. The maximum Gasteiger partial charge on any atom is 0.169 e. The van der Waals surface area contributed by atoms with Gasteiger partial charge in [-0.05, 0) is 12.6 Å². The van der Waals surface area contributed by atoms with Gasteiger partial charge in [0, 0.05) is 36.8 Å². The van der Waals surface area contributed by atoms with E-state index in [-0.39, 0.29) is 0 Å². The highest BCUT2D eigenvalue weighted by atomic mass is 31.2. The van der Waals surface area contributed by atoms with E-state index in [0.717, 1.165) is 18.7 Å². The quantitative estimate of drug-likeness (QED) is 0.542. The highest BCUT2D eigenvalue weighted by Crippen LogP contribution is 2.68. The van der Waals surface area contributed by atoms with Crippen LogP contribution in [0.5, 0.6) is 0 Å². The minimum Gasteiger partial charge on any atom is -0.323 e. The smallest absolute Gasteiger partial charge is 0.169 e. The average Bonchev–Trinajstić information content (AvgIpc) is 3.07. The fraction of sp³-hybridized carbons (Fsp3) is 0.667. The molecule has 0 saturated carbocycles. The average molecular weight is 266 g/mol. The summed E-state index contributed by atoms with van der Waals surface area (Å²) in [5.41, 5.74) is 0.511. The summed E-state index contributed by atoms with van der Waals surface area (Å²) in [5.74, 6) is 0. The van der Waals surface area contributed by atoms with Gasteiger partial charge in [0.2, 0.25) is 0 Å². The second kappa shape index (κ2) is 6.02. The van der Waals surface area contributed by atoms with Crippen molar-refractivity contribution in [3.8, 4) is 0 Å². The molecule has 1 aliphatic heterocycles. The number of aromatic nitrogens is 1. The summed E-state index contributed by atoms with van der Waals surface area (Å²) in [6.07, 6.45) is 11.0. The van der Waals surface area contributed by atoms with E-state index in [1.165, 1.54) is 19.3 Å². The predicted molar refractivity (Wildman–Crippen MR) is 76.6 cm³/mol. The lowest BCUT2D eigenvalue weighted by atomic mass is 10.0. The fourth-order valence-electron chi connectivity index (χ4n) is 2.76. The van der Waals surface area contributed by atoms with Crippen molar-refractivity contribution in [3.63, 3.8) is 0 Å². The van der Waals surface area contributed by atoms with Crippen molar-refractivity contribution < 1.29 is 9.13 Å². The molecule has 3 heteroatoms. The molecule has 3 unspecified atom stereocenters. The largest absolute Gasteiger partial charge is 0.323 e. The molecule has 0 N–H and O–H groups in total. The van der Waals surface area contributed by atoms with Crippen LogP contribution in [0.1, 0.15) is 45.6 Å². The Kier molecular flexibility index (Phi) is 4.61. The summed E-state index contributed by atoms with van der Waals surface area (Å²) < 4.78 is 14.6. The molecule has 1 saturated heterocycles. The number of hydrogen-bond acceptors (Lipinski definition) is 1. The van der Waals surface area contributed by atoms with E-state index in [1.54, 1.807) is 0 Å². The lowest BCUT2D eigenvalue weighted by Crippen LogP contribution is -2.39. The van der Waals surface area contributed by atoms with E-state index in [4.69, 9.17) is 0 Å². The summed E-state index contributed by atoms with van der Waals surface area (Å²) >= 11 is 0. The van der Waals surface area contributed by atoms with Crippen LogP contribution in [-0.2, 0) is 4.57 Å². The zero-order valence-corrected chi connectivity index (χ0v) is 12.5. The molecule has 0 aliphatic carbocycles. The van der Waals surface area contributed by atoms with Crippen molar-refractivity contribution in [1.82, 2.24) is 0 Å². The first-order valence-electron chi connectivity index (χ1n) is 7.23. The lowest BCUT2D eigenvalue weighted by Gasteiger charge is -2.11. The molecule has 1 aromatic heterocycles. The van der Waals surface area contributed by atoms with Crippen LogP contribution in [0.4, 0.5) is 0 Å². The van der Waals surface area contributed by atoms with Gasteiger partial charge in [0.15, 0.2) is 18.4 Å². The van der Waals surface area contributed by atoms with Gasteiger partial charge in [-0.3, -0.25) is 0 Å². The minimum atomic E-state index is -1.73. The normalized spacial score (nSPS) is 28.0. The van der Waals surface area contributed by atoms with Crippen LogP contribution >= 0.6 is 7.14 Å². The van der Waals surface area contributed by atoms with Gasteiger partial charge in [-0.25, -0.2) is 4.57 Å². The molecule has 2 nitrogen and oxygen atoms in total. The van der Waals surface area contributed by atoms with E-state index in [2.05, 4.69) is 49.0 Å². The molecule has 18 heavy (non-hydrogen) atoms. The van der Waals surface area contributed by atoms with Crippen LogP contribution in [-0.4, -0.2) is 18.0 Å². The first kappa shape index (κ1) is 13.8. The highest BCUT2D eigenvalue weighted by Gasteiger charge is 2.49. The van der Waals surface area contributed by atoms with Gasteiger partial charge in [-0.1, -0.05) is 26.3 Å². The van der Waals surface area contributed by atoms with Crippen molar-refractivity contribution in [1.29, 1.82) is 0 Å². The van der Waals surface area contributed by atoms with Gasteiger partial charge in [0.25, 0.3) is 0 Å². The van der Waals surface area contributed by atoms with Gasteiger partial charge in [-0.2, -0.15) is 0 Å². The molecule has 1 aromatic rings. The Morgan fingerprint density at radius 2 is 2.00 bits per heavy atom. The van der Waals surface area contributed by atoms with E-state index in [9.17, 15) is 4.57 Å². The van der Waals surface area contributed by atoms with E-state index in [1.807, 2.05) is 0 Å². The molecule has 0 bridgehead atoms. The molecule has 3 atom stereocenters. The molecule has 0 amide bonds. The second-order valence-electron chi connectivity index (χ2n) is 5.46. The number of hydrogen-bond donors (Lipinski definition) is 0. The summed E-state index contributed by atoms with van der Waals surface area (Å²) in [7, 11) is -1.73. The van der Waals surface area contributed by atoms with Gasteiger partial charge in [0.1, 0.15) is 0 Å². The van der Waals surface area contributed by atoms with Crippen LogP contribution in [0, 0.1) is 0 Å². The summed E-state index contributed by atoms with van der Waals surface area (Å²) in [5, 5.41) is 0. The summed E-state index contributed by atoms with van der Waals surface area (Å²) in [6, 6.07) is 6.77. The minimum absolute atomic E-state index is 0.511. The zero-order chi connectivity index (χ0) is 13.0. The van der Waals surface area contributed by atoms with Crippen LogP contribution in [0.2, 0.25) is 0 Å². The van der Waals surface area contributed by atoms with Crippen molar-refractivity contribution in [3.05, 3.63) is 30.6 Å². The van der Waals surface area contributed by atoms with Crippen LogP contribution in [0.3, 0.4) is 0 Å². The maximum absolute atomic E-state index is 12.3. The van der Waals surface area contributed by atoms with Crippen molar-refractivity contribution >= 4 is 7.14 Å². The van der Waals surface area contributed by atoms with Gasteiger partial charge < -0.3 is 4.57 Å². The SMILES string of the molecule is CCCCC(CC1CP1(=O)CC)[n+]1ccccc1. The predicted octanol–water partition coefficient (Wildman–Crippen LogP) is 3.86. The standard InChI is InChI=1S/C15H25NOP/c1-3-5-9-14(16-10-7-6-8-11-16)12-15-13-18(15,17)4-2/h6-8,10-11,14-15H,3-5,9,12-13H2,1-2H3/q+1. The molecule has 1 fully saturated rings. The van der Waals surface area contributed by atoms with Crippen molar-refractivity contribution in [2.24, 2.45) is 0 Å². The maximum atomic E-state index is 12.3. The highest BCUT2D eigenvalue weighted by molar-refractivity contribution is 7.72. The van der Waals surface area contributed by atoms with Crippen LogP contribution in [0.25, 0.3) is 0 Å². The van der Waals surface area contributed by atoms with Crippen molar-refractivity contribution in [2.45, 2.75) is 51.2 Å².